The van der Waals surface area contributed by atoms with E-state index in [0.717, 1.165) is 34.7 Å². The lowest BCUT2D eigenvalue weighted by atomic mass is 10.3. The number of hydrogen-bond donors (Lipinski definition) is 0. The first-order valence-electron chi connectivity index (χ1n) is 6.08. The summed E-state index contributed by atoms with van der Waals surface area (Å²) >= 11 is 7.53. The van der Waals surface area contributed by atoms with Gasteiger partial charge in [-0.1, -0.05) is 13.8 Å². The molecule has 19 heavy (non-hydrogen) atoms. The van der Waals surface area contributed by atoms with Gasteiger partial charge in [0.2, 0.25) is 5.28 Å². The number of aromatic nitrogens is 5. The molecule has 98 valence electrons. The topological polar surface area (TPSA) is 56.5 Å². The van der Waals surface area contributed by atoms with Crippen LogP contribution in [-0.2, 0) is 12.8 Å². The first-order chi connectivity index (χ1) is 9.22. The van der Waals surface area contributed by atoms with Gasteiger partial charge in [-0.3, -0.25) is 0 Å². The molecule has 3 aromatic heterocycles. The lowest BCUT2D eigenvalue weighted by Gasteiger charge is -2.05. The van der Waals surface area contributed by atoms with E-state index in [1.165, 1.54) is 11.3 Å². The maximum absolute atomic E-state index is 5.99. The Morgan fingerprint density at radius 1 is 1.21 bits per heavy atom. The van der Waals surface area contributed by atoms with Gasteiger partial charge in [0.05, 0.1) is 5.39 Å². The van der Waals surface area contributed by atoms with Gasteiger partial charge >= 0.3 is 0 Å². The molecule has 0 amide bonds. The van der Waals surface area contributed by atoms with Gasteiger partial charge in [0, 0.05) is 12.8 Å². The van der Waals surface area contributed by atoms with E-state index >= 15 is 0 Å². The number of fused-ring (bicyclic) bond motifs is 1. The summed E-state index contributed by atoms with van der Waals surface area (Å²) in [7, 11) is 0. The lowest BCUT2D eigenvalue weighted by molar-refractivity contribution is 0.773. The summed E-state index contributed by atoms with van der Waals surface area (Å²) in [4.78, 5) is 13.9. The summed E-state index contributed by atoms with van der Waals surface area (Å²) in [6, 6.07) is 1.98. The molecule has 0 fully saturated rings. The second-order valence-corrected chi connectivity index (χ2v) is 5.25. The Morgan fingerprint density at radius 3 is 2.79 bits per heavy atom. The molecule has 3 heterocycles. The maximum atomic E-state index is 5.99. The fourth-order valence-corrected chi connectivity index (χ4v) is 2.89. The second kappa shape index (κ2) is 4.86. The van der Waals surface area contributed by atoms with Crippen molar-refractivity contribution in [3.8, 4) is 5.82 Å². The van der Waals surface area contributed by atoms with Crippen LogP contribution in [0.2, 0.25) is 5.28 Å². The molecule has 0 radical (unpaired) electrons. The molecule has 0 aliphatic heterocycles. The van der Waals surface area contributed by atoms with E-state index in [0.29, 0.717) is 5.82 Å². The Labute approximate surface area is 119 Å². The van der Waals surface area contributed by atoms with Crippen LogP contribution in [0.15, 0.2) is 11.4 Å². The molecule has 0 atom stereocenters. The zero-order chi connectivity index (χ0) is 13.4. The fourth-order valence-electron chi connectivity index (χ4n) is 1.92. The van der Waals surface area contributed by atoms with Crippen molar-refractivity contribution in [2.75, 3.05) is 0 Å². The third-order valence-corrected chi connectivity index (χ3v) is 3.80. The Kier molecular flexibility index (Phi) is 3.20. The zero-order valence-electron chi connectivity index (χ0n) is 10.6. The first kappa shape index (κ1) is 12.5. The van der Waals surface area contributed by atoms with Gasteiger partial charge in [0.15, 0.2) is 11.6 Å². The summed E-state index contributed by atoms with van der Waals surface area (Å²) in [6.07, 6.45) is 1.59. The average molecular weight is 294 g/mol. The largest absolute Gasteiger partial charge is 0.225 e. The van der Waals surface area contributed by atoms with E-state index in [4.69, 9.17) is 11.6 Å². The highest BCUT2D eigenvalue weighted by molar-refractivity contribution is 7.16. The van der Waals surface area contributed by atoms with Crippen LogP contribution >= 0.6 is 22.9 Å². The monoisotopic (exact) mass is 293 g/mol. The Hall–Kier alpha value is -1.53. The molecule has 7 heteroatoms. The SMILES string of the molecule is CCc1nc(CC)n(-c2nc(Cl)nc3sccc23)n1. The molecule has 0 aliphatic rings. The predicted octanol–water partition coefficient (Wildman–Crippen LogP) is 3.05. The van der Waals surface area contributed by atoms with Gasteiger partial charge in [0.1, 0.15) is 10.7 Å². The minimum absolute atomic E-state index is 0.237. The zero-order valence-corrected chi connectivity index (χ0v) is 12.2. The molecule has 3 aromatic rings. The van der Waals surface area contributed by atoms with E-state index in [1.807, 2.05) is 25.3 Å². The highest BCUT2D eigenvalue weighted by Gasteiger charge is 2.15. The van der Waals surface area contributed by atoms with E-state index < -0.39 is 0 Å². The molecular formula is C12H12ClN5S. The number of aryl methyl sites for hydroxylation is 2. The number of hydrogen-bond acceptors (Lipinski definition) is 5. The molecule has 0 N–H and O–H groups in total. The van der Waals surface area contributed by atoms with Crippen LogP contribution in [0.3, 0.4) is 0 Å². The Bertz CT molecular complexity index is 733. The van der Waals surface area contributed by atoms with Crippen LogP contribution in [0.25, 0.3) is 16.0 Å². The minimum atomic E-state index is 0.237. The van der Waals surface area contributed by atoms with Crippen LogP contribution in [0.5, 0.6) is 0 Å². The molecule has 0 aromatic carbocycles. The van der Waals surface area contributed by atoms with Gasteiger partial charge in [-0.15, -0.1) is 16.4 Å². The van der Waals surface area contributed by atoms with Crippen molar-refractivity contribution in [3.05, 3.63) is 28.4 Å². The predicted molar refractivity (Wildman–Crippen MR) is 76.1 cm³/mol. The standard InChI is InChI=1S/C12H12ClN5S/c1-3-8-14-9(4-2)18(17-8)10-7-5-6-19-11(7)16-12(13)15-10/h5-6H,3-4H2,1-2H3. The van der Waals surface area contributed by atoms with Crippen LogP contribution in [-0.4, -0.2) is 24.7 Å². The maximum Gasteiger partial charge on any atom is 0.225 e. The summed E-state index contributed by atoms with van der Waals surface area (Å²) < 4.78 is 1.78. The van der Waals surface area contributed by atoms with Gasteiger partial charge < -0.3 is 0 Å². The number of rotatable bonds is 3. The molecule has 0 saturated carbocycles. The van der Waals surface area contributed by atoms with Crippen molar-refractivity contribution in [1.82, 2.24) is 24.7 Å². The van der Waals surface area contributed by atoms with Gasteiger partial charge in [0.25, 0.3) is 0 Å². The minimum Gasteiger partial charge on any atom is -0.216 e. The van der Waals surface area contributed by atoms with E-state index in [9.17, 15) is 0 Å². The van der Waals surface area contributed by atoms with Crippen molar-refractivity contribution in [3.63, 3.8) is 0 Å². The van der Waals surface area contributed by atoms with Gasteiger partial charge in [-0.05, 0) is 23.0 Å². The van der Waals surface area contributed by atoms with Crippen LogP contribution in [0.1, 0.15) is 25.5 Å². The van der Waals surface area contributed by atoms with E-state index in [-0.39, 0.29) is 5.28 Å². The summed E-state index contributed by atoms with van der Waals surface area (Å²) in [6.45, 7) is 4.08. The average Bonchev–Trinajstić information content (AvgIpc) is 3.03. The van der Waals surface area contributed by atoms with Crippen molar-refractivity contribution in [2.24, 2.45) is 0 Å². The Morgan fingerprint density at radius 2 is 2.05 bits per heavy atom. The van der Waals surface area contributed by atoms with Gasteiger partial charge in [-0.25, -0.2) is 9.97 Å². The van der Waals surface area contributed by atoms with Crippen LogP contribution in [0.4, 0.5) is 0 Å². The third kappa shape index (κ3) is 2.11. The number of nitrogens with zero attached hydrogens (tertiary/aromatic N) is 5. The van der Waals surface area contributed by atoms with E-state index in [1.54, 1.807) is 4.68 Å². The highest BCUT2D eigenvalue weighted by atomic mass is 35.5. The lowest BCUT2D eigenvalue weighted by Crippen LogP contribution is -2.06. The normalized spacial score (nSPS) is 11.3. The van der Waals surface area contributed by atoms with Crippen molar-refractivity contribution >= 4 is 33.2 Å². The molecular weight excluding hydrogens is 282 g/mol. The molecule has 0 aliphatic carbocycles. The summed E-state index contributed by atoms with van der Waals surface area (Å²) in [5.41, 5.74) is 0. The summed E-state index contributed by atoms with van der Waals surface area (Å²) in [5, 5.41) is 7.67. The Balaban J connectivity index is 2.28. The molecule has 0 saturated heterocycles. The van der Waals surface area contributed by atoms with Crippen LogP contribution in [0, 0.1) is 0 Å². The molecule has 0 bridgehead atoms. The number of halogens is 1. The highest BCUT2D eigenvalue weighted by Crippen LogP contribution is 2.26. The van der Waals surface area contributed by atoms with Crippen molar-refractivity contribution < 1.29 is 0 Å². The molecule has 0 spiro atoms. The van der Waals surface area contributed by atoms with E-state index in [2.05, 4.69) is 20.1 Å². The molecule has 5 nitrogen and oxygen atoms in total. The second-order valence-electron chi connectivity index (χ2n) is 4.02. The van der Waals surface area contributed by atoms with Crippen LogP contribution < -0.4 is 0 Å². The van der Waals surface area contributed by atoms with Gasteiger partial charge in [-0.2, -0.15) is 9.67 Å². The fraction of sp³-hybridized carbons (Fsp3) is 0.333. The third-order valence-electron chi connectivity index (χ3n) is 2.83. The number of thiophene rings is 1. The van der Waals surface area contributed by atoms with Crippen molar-refractivity contribution in [1.29, 1.82) is 0 Å². The molecule has 3 rings (SSSR count). The first-order valence-corrected chi connectivity index (χ1v) is 7.34. The van der Waals surface area contributed by atoms with Crippen molar-refractivity contribution in [2.45, 2.75) is 26.7 Å². The quantitative estimate of drug-likeness (QED) is 0.697. The smallest absolute Gasteiger partial charge is 0.216 e. The summed E-state index contributed by atoms with van der Waals surface area (Å²) in [5.74, 6) is 2.41. The molecule has 0 unspecified atom stereocenters.